The molecule has 1 heterocycles. The second kappa shape index (κ2) is 5.90. The Bertz CT molecular complexity index is 530. The van der Waals surface area contributed by atoms with E-state index in [1.807, 2.05) is 6.92 Å². The number of nitrogens with two attached hydrogens (primary N) is 1. The van der Waals surface area contributed by atoms with Crippen molar-refractivity contribution in [1.29, 1.82) is 0 Å². The van der Waals surface area contributed by atoms with Crippen LogP contribution in [0.15, 0.2) is 18.2 Å². The number of piperidine rings is 1. The maximum atomic E-state index is 12.6. The van der Waals surface area contributed by atoms with Gasteiger partial charge in [0.2, 0.25) is 0 Å². The van der Waals surface area contributed by atoms with E-state index in [1.165, 1.54) is 18.2 Å². The van der Waals surface area contributed by atoms with E-state index in [1.54, 1.807) is 4.90 Å². The first-order valence-electron chi connectivity index (χ1n) is 6.89. The van der Waals surface area contributed by atoms with Gasteiger partial charge in [0.1, 0.15) is 5.56 Å². The van der Waals surface area contributed by atoms with Crippen molar-refractivity contribution in [1.82, 2.24) is 4.90 Å². The Hall–Kier alpha value is -2.11. The summed E-state index contributed by atoms with van der Waals surface area (Å²) in [7, 11) is 0. The van der Waals surface area contributed by atoms with Crippen molar-refractivity contribution < 1.29 is 9.72 Å². The number of nitrogens with zero attached hydrogens (tertiary/aromatic N) is 2. The molecule has 0 spiro atoms. The van der Waals surface area contributed by atoms with Crippen LogP contribution in [0.5, 0.6) is 0 Å². The highest BCUT2D eigenvalue weighted by Crippen LogP contribution is 2.27. The van der Waals surface area contributed by atoms with E-state index in [4.69, 9.17) is 5.73 Å². The molecule has 0 radical (unpaired) electrons. The Morgan fingerprint density at radius 1 is 1.50 bits per heavy atom. The number of nitrogen functional groups attached to an aromatic ring is 1. The molecule has 20 heavy (non-hydrogen) atoms. The van der Waals surface area contributed by atoms with Crippen molar-refractivity contribution in [2.75, 3.05) is 12.3 Å². The normalized spacial score (nSPS) is 18.9. The highest BCUT2D eigenvalue weighted by Gasteiger charge is 2.30. The zero-order valence-corrected chi connectivity index (χ0v) is 11.5. The lowest BCUT2D eigenvalue weighted by Gasteiger charge is -2.35. The van der Waals surface area contributed by atoms with Crippen molar-refractivity contribution in [3.8, 4) is 0 Å². The smallest absolute Gasteiger partial charge is 0.282 e. The highest BCUT2D eigenvalue weighted by molar-refractivity contribution is 5.99. The van der Waals surface area contributed by atoms with Crippen LogP contribution < -0.4 is 5.73 Å². The minimum absolute atomic E-state index is 0.0929. The van der Waals surface area contributed by atoms with E-state index in [-0.39, 0.29) is 23.2 Å². The van der Waals surface area contributed by atoms with Gasteiger partial charge in [-0.15, -0.1) is 0 Å². The van der Waals surface area contributed by atoms with E-state index in [9.17, 15) is 14.9 Å². The number of anilines is 1. The van der Waals surface area contributed by atoms with Gasteiger partial charge in [-0.2, -0.15) is 0 Å². The molecule has 0 aromatic heterocycles. The van der Waals surface area contributed by atoms with Crippen molar-refractivity contribution in [2.24, 2.45) is 0 Å². The van der Waals surface area contributed by atoms with Gasteiger partial charge in [-0.25, -0.2) is 0 Å². The van der Waals surface area contributed by atoms with Crippen molar-refractivity contribution >= 4 is 17.3 Å². The minimum Gasteiger partial charge on any atom is -0.399 e. The highest BCUT2D eigenvalue weighted by atomic mass is 16.6. The number of rotatable bonds is 3. The summed E-state index contributed by atoms with van der Waals surface area (Å²) in [5, 5.41) is 11.1. The molecule has 0 saturated carbocycles. The summed E-state index contributed by atoms with van der Waals surface area (Å²) in [5.41, 5.74) is 5.95. The zero-order valence-electron chi connectivity index (χ0n) is 11.5. The first-order chi connectivity index (χ1) is 9.54. The summed E-state index contributed by atoms with van der Waals surface area (Å²) < 4.78 is 0. The average molecular weight is 277 g/mol. The van der Waals surface area contributed by atoms with Gasteiger partial charge >= 0.3 is 0 Å². The Kier molecular flexibility index (Phi) is 4.22. The first kappa shape index (κ1) is 14.3. The summed E-state index contributed by atoms with van der Waals surface area (Å²) in [4.78, 5) is 24.9. The molecule has 1 aliphatic heterocycles. The zero-order chi connectivity index (χ0) is 14.7. The molecule has 0 bridgehead atoms. The Balaban J connectivity index is 2.36. The number of nitro groups is 1. The summed E-state index contributed by atoms with van der Waals surface area (Å²) in [6.45, 7) is 2.69. The van der Waals surface area contributed by atoms with Crippen LogP contribution >= 0.6 is 0 Å². The van der Waals surface area contributed by atoms with Gasteiger partial charge in [0, 0.05) is 24.3 Å². The second-order valence-corrected chi connectivity index (χ2v) is 5.09. The molecule has 1 unspecified atom stereocenters. The van der Waals surface area contributed by atoms with Crippen LogP contribution in [-0.2, 0) is 0 Å². The van der Waals surface area contributed by atoms with Gasteiger partial charge in [-0.05, 0) is 37.8 Å². The maximum absolute atomic E-state index is 12.6. The number of amides is 1. The summed E-state index contributed by atoms with van der Waals surface area (Å²) in [6, 6.07) is 4.31. The van der Waals surface area contributed by atoms with E-state index in [0.717, 1.165) is 25.7 Å². The molecule has 1 aliphatic rings. The van der Waals surface area contributed by atoms with Gasteiger partial charge in [0.25, 0.3) is 11.6 Å². The third-order valence-electron chi connectivity index (χ3n) is 3.81. The van der Waals surface area contributed by atoms with E-state index in [0.29, 0.717) is 12.2 Å². The summed E-state index contributed by atoms with van der Waals surface area (Å²) in [5.74, 6) is -0.282. The number of carbonyl (C=O) groups excluding carboxylic acids is 1. The molecule has 6 heteroatoms. The van der Waals surface area contributed by atoms with Crippen LogP contribution in [0.4, 0.5) is 11.4 Å². The fourth-order valence-corrected chi connectivity index (χ4v) is 2.73. The molecule has 1 atom stereocenters. The topological polar surface area (TPSA) is 89.5 Å². The lowest BCUT2D eigenvalue weighted by Crippen LogP contribution is -2.43. The third kappa shape index (κ3) is 2.74. The fraction of sp³-hybridized carbons (Fsp3) is 0.500. The van der Waals surface area contributed by atoms with Crippen LogP contribution in [0, 0.1) is 10.1 Å². The van der Waals surface area contributed by atoms with Gasteiger partial charge in [-0.1, -0.05) is 6.92 Å². The van der Waals surface area contributed by atoms with Crippen LogP contribution in [-0.4, -0.2) is 28.3 Å². The molecule has 1 amide bonds. The minimum atomic E-state index is -0.530. The first-order valence-corrected chi connectivity index (χ1v) is 6.89. The predicted molar refractivity (Wildman–Crippen MR) is 76.5 cm³/mol. The summed E-state index contributed by atoms with van der Waals surface area (Å²) >= 11 is 0. The van der Waals surface area contributed by atoms with Gasteiger partial charge in [0.15, 0.2) is 0 Å². The number of benzene rings is 1. The molecule has 1 aromatic rings. The lowest BCUT2D eigenvalue weighted by molar-refractivity contribution is -0.385. The molecule has 108 valence electrons. The molecule has 2 N–H and O–H groups in total. The van der Waals surface area contributed by atoms with E-state index < -0.39 is 4.92 Å². The number of carbonyl (C=O) groups is 1. The largest absolute Gasteiger partial charge is 0.399 e. The third-order valence-corrected chi connectivity index (χ3v) is 3.81. The summed E-state index contributed by atoms with van der Waals surface area (Å²) in [6.07, 6.45) is 3.86. The number of hydrogen-bond donors (Lipinski definition) is 1. The lowest BCUT2D eigenvalue weighted by atomic mass is 9.98. The van der Waals surface area contributed by atoms with E-state index in [2.05, 4.69) is 0 Å². The van der Waals surface area contributed by atoms with Crippen LogP contribution in [0.25, 0.3) is 0 Å². The van der Waals surface area contributed by atoms with Crippen molar-refractivity contribution in [3.05, 3.63) is 33.9 Å². The average Bonchev–Trinajstić information content (AvgIpc) is 2.46. The maximum Gasteiger partial charge on any atom is 0.282 e. The SMILES string of the molecule is CCC1CCCCN1C(=O)c1cc(N)ccc1[N+](=O)[O-]. The van der Waals surface area contributed by atoms with E-state index >= 15 is 0 Å². The number of nitro benzene ring substituents is 1. The van der Waals surface area contributed by atoms with Crippen molar-refractivity contribution in [2.45, 2.75) is 38.6 Å². The molecule has 1 fully saturated rings. The Labute approximate surface area is 117 Å². The predicted octanol–water partition coefficient (Wildman–Crippen LogP) is 2.58. The Morgan fingerprint density at radius 2 is 2.25 bits per heavy atom. The number of likely N-dealkylation sites (tertiary alicyclic amines) is 1. The quantitative estimate of drug-likeness (QED) is 0.522. The molecule has 1 aromatic carbocycles. The van der Waals surface area contributed by atoms with Crippen molar-refractivity contribution in [3.63, 3.8) is 0 Å². The monoisotopic (exact) mass is 277 g/mol. The van der Waals surface area contributed by atoms with Gasteiger partial charge in [-0.3, -0.25) is 14.9 Å². The molecule has 2 rings (SSSR count). The fourth-order valence-electron chi connectivity index (χ4n) is 2.73. The standard InChI is InChI=1S/C14H19N3O3/c1-2-11-5-3-4-8-16(11)14(18)12-9-10(15)6-7-13(12)17(19)20/h6-7,9,11H,2-5,8,15H2,1H3. The molecular weight excluding hydrogens is 258 g/mol. The number of hydrogen-bond acceptors (Lipinski definition) is 4. The van der Waals surface area contributed by atoms with Crippen LogP contribution in [0.1, 0.15) is 43.0 Å². The van der Waals surface area contributed by atoms with Crippen LogP contribution in [0.2, 0.25) is 0 Å². The molecule has 0 aliphatic carbocycles. The molecule has 1 saturated heterocycles. The Morgan fingerprint density at radius 3 is 2.90 bits per heavy atom. The van der Waals surface area contributed by atoms with Gasteiger partial charge in [0.05, 0.1) is 4.92 Å². The second-order valence-electron chi connectivity index (χ2n) is 5.09. The van der Waals surface area contributed by atoms with Gasteiger partial charge < -0.3 is 10.6 Å². The molecular formula is C14H19N3O3. The molecule has 6 nitrogen and oxygen atoms in total. The van der Waals surface area contributed by atoms with Crippen LogP contribution in [0.3, 0.4) is 0 Å².